The van der Waals surface area contributed by atoms with Crippen LogP contribution in [0.3, 0.4) is 0 Å². The maximum absolute atomic E-state index is 12.3. The van der Waals surface area contributed by atoms with E-state index in [1.165, 1.54) is 30.8 Å². The third-order valence-electron chi connectivity index (χ3n) is 3.16. The molecule has 1 heterocycles. The monoisotopic (exact) mass is 347 g/mol. The van der Waals surface area contributed by atoms with Gasteiger partial charge in [0.2, 0.25) is 0 Å². The van der Waals surface area contributed by atoms with E-state index in [9.17, 15) is 8.42 Å². The van der Waals surface area contributed by atoms with Gasteiger partial charge in [0.25, 0.3) is 10.0 Å². The third-order valence-corrected chi connectivity index (χ3v) is 5.06. The molecule has 0 fully saturated rings. The molecule has 0 radical (unpaired) electrons. The summed E-state index contributed by atoms with van der Waals surface area (Å²) in [5.41, 5.74) is 2.12. The smallest absolute Gasteiger partial charge is 0.261 e. The van der Waals surface area contributed by atoms with Gasteiger partial charge in [-0.2, -0.15) is 0 Å². The minimum atomic E-state index is -3.64. The second kappa shape index (κ2) is 6.35. The van der Waals surface area contributed by atoms with Crippen LogP contribution >= 0.6 is 11.5 Å². The summed E-state index contributed by atoms with van der Waals surface area (Å²) >= 11 is 1.27. The van der Waals surface area contributed by atoms with Crippen molar-refractivity contribution in [3.8, 4) is 17.0 Å². The molecule has 6 nitrogen and oxygen atoms in total. The highest BCUT2D eigenvalue weighted by Gasteiger charge is 2.14. The molecule has 118 valence electrons. The molecular weight excluding hydrogens is 334 g/mol. The highest BCUT2D eigenvalue weighted by atomic mass is 32.2. The van der Waals surface area contributed by atoms with Crippen molar-refractivity contribution in [2.45, 2.75) is 4.90 Å². The summed E-state index contributed by atoms with van der Waals surface area (Å²) in [6, 6.07) is 13.2. The Labute approximate surface area is 138 Å². The number of ether oxygens (including phenoxy) is 1. The van der Waals surface area contributed by atoms with Crippen molar-refractivity contribution in [2.24, 2.45) is 0 Å². The molecule has 1 aromatic heterocycles. The highest BCUT2D eigenvalue weighted by Crippen LogP contribution is 2.22. The fourth-order valence-electron chi connectivity index (χ4n) is 1.97. The molecule has 0 atom stereocenters. The first-order valence-electron chi connectivity index (χ1n) is 6.63. The van der Waals surface area contributed by atoms with Crippen LogP contribution in [0.5, 0.6) is 5.75 Å². The van der Waals surface area contributed by atoms with Gasteiger partial charge in [-0.15, -0.1) is 5.10 Å². The van der Waals surface area contributed by atoms with Crippen molar-refractivity contribution in [1.29, 1.82) is 0 Å². The SMILES string of the molecule is COc1ccc(S(=O)(=O)Nc2ccc(-c3csnn3)cc2)cc1. The van der Waals surface area contributed by atoms with Crippen molar-refractivity contribution in [2.75, 3.05) is 11.8 Å². The number of hydrogen-bond donors (Lipinski definition) is 1. The number of hydrogen-bond acceptors (Lipinski definition) is 6. The molecule has 23 heavy (non-hydrogen) atoms. The molecule has 0 bridgehead atoms. The van der Waals surface area contributed by atoms with Gasteiger partial charge in [-0.3, -0.25) is 4.72 Å². The Kier molecular flexibility index (Phi) is 4.26. The maximum Gasteiger partial charge on any atom is 0.261 e. The number of nitrogens with zero attached hydrogens (tertiary/aromatic N) is 2. The van der Waals surface area contributed by atoms with Crippen molar-refractivity contribution in [3.05, 3.63) is 53.9 Å². The van der Waals surface area contributed by atoms with E-state index < -0.39 is 10.0 Å². The van der Waals surface area contributed by atoms with E-state index in [0.717, 1.165) is 11.3 Å². The van der Waals surface area contributed by atoms with Gasteiger partial charge in [-0.1, -0.05) is 16.6 Å². The highest BCUT2D eigenvalue weighted by molar-refractivity contribution is 7.92. The van der Waals surface area contributed by atoms with Gasteiger partial charge in [-0.05, 0) is 47.9 Å². The normalized spacial score (nSPS) is 11.2. The minimum Gasteiger partial charge on any atom is -0.497 e. The van der Waals surface area contributed by atoms with E-state index in [0.29, 0.717) is 11.4 Å². The van der Waals surface area contributed by atoms with Crippen LogP contribution < -0.4 is 9.46 Å². The number of nitrogens with one attached hydrogen (secondary N) is 1. The second-order valence-corrected chi connectivity index (χ2v) is 6.94. The van der Waals surface area contributed by atoms with Gasteiger partial charge in [0.1, 0.15) is 11.4 Å². The Morgan fingerprint density at radius 2 is 1.74 bits per heavy atom. The van der Waals surface area contributed by atoms with Crippen LogP contribution in [0.15, 0.2) is 58.8 Å². The quantitative estimate of drug-likeness (QED) is 0.767. The lowest BCUT2D eigenvalue weighted by Crippen LogP contribution is -2.12. The van der Waals surface area contributed by atoms with Crippen LogP contribution in [0.4, 0.5) is 5.69 Å². The summed E-state index contributed by atoms with van der Waals surface area (Å²) in [6.45, 7) is 0. The molecule has 3 rings (SSSR count). The fraction of sp³-hybridized carbons (Fsp3) is 0.0667. The number of rotatable bonds is 5. The summed E-state index contributed by atoms with van der Waals surface area (Å²) in [5.74, 6) is 0.602. The lowest BCUT2D eigenvalue weighted by atomic mass is 10.2. The Morgan fingerprint density at radius 3 is 2.30 bits per heavy atom. The van der Waals surface area contributed by atoms with E-state index in [-0.39, 0.29) is 4.90 Å². The predicted octanol–water partition coefficient (Wildman–Crippen LogP) is 3.01. The Balaban J connectivity index is 1.79. The van der Waals surface area contributed by atoms with Gasteiger partial charge in [0.15, 0.2) is 0 Å². The van der Waals surface area contributed by atoms with Crippen molar-refractivity contribution >= 4 is 27.2 Å². The topological polar surface area (TPSA) is 81.2 Å². The molecule has 8 heteroatoms. The molecule has 0 aliphatic heterocycles. The molecule has 0 aliphatic carbocycles. The molecule has 0 unspecified atom stereocenters. The third kappa shape index (κ3) is 3.49. The first kappa shape index (κ1) is 15.4. The van der Waals surface area contributed by atoms with E-state index >= 15 is 0 Å². The second-order valence-electron chi connectivity index (χ2n) is 4.65. The maximum atomic E-state index is 12.3. The van der Waals surface area contributed by atoms with Crippen LogP contribution in [0.25, 0.3) is 11.3 Å². The van der Waals surface area contributed by atoms with E-state index in [1.807, 2.05) is 5.38 Å². The Bertz CT molecular complexity index is 875. The molecule has 3 aromatic rings. The van der Waals surface area contributed by atoms with E-state index in [1.54, 1.807) is 36.4 Å². The van der Waals surface area contributed by atoms with E-state index in [4.69, 9.17) is 4.74 Å². The first-order valence-corrected chi connectivity index (χ1v) is 8.95. The van der Waals surface area contributed by atoms with Gasteiger partial charge in [-0.25, -0.2) is 8.42 Å². The van der Waals surface area contributed by atoms with Crippen LogP contribution in [-0.2, 0) is 10.0 Å². The van der Waals surface area contributed by atoms with Crippen LogP contribution in [-0.4, -0.2) is 25.1 Å². The molecule has 0 saturated carbocycles. The van der Waals surface area contributed by atoms with Crippen LogP contribution in [0, 0.1) is 0 Å². The Morgan fingerprint density at radius 1 is 1.04 bits per heavy atom. The summed E-state index contributed by atoms with van der Waals surface area (Å²) in [4.78, 5) is 0.172. The molecule has 0 saturated heterocycles. The summed E-state index contributed by atoms with van der Waals surface area (Å²) in [5, 5.41) is 5.80. The number of benzene rings is 2. The van der Waals surface area contributed by atoms with E-state index in [2.05, 4.69) is 14.3 Å². The molecule has 2 aromatic carbocycles. The number of aromatic nitrogens is 2. The lowest BCUT2D eigenvalue weighted by Gasteiger charge is -2.09. The first-order chi connectivity index (χ1) is 11.1. The lowest BCUT2D eigenvalue weighted by molar-refractivity contribution is 0.414. The minimum absolute atomic E-state index is 0.172. The molecular formula is C15H13N3O3S2. The number of methoxy groups -OCH3 is 1. The van der Waals surface area contributed by atoms with Crippen LogP contribution in [0.2, 0.25) is 0 Å². The molecule has 0 aliphatic rings. The van der Waals surface area contributed by atoms with Crippen molar-refractivity contribution < 1.29 is 13.2 Å². The average Bonchev–Trinajstić information content (AvgIpc) is 3.10. The van der Waals surface area contributed by atoms with Crippen LogP contribution in [0.1, 0.15) is 0 Å². The summed E-state index contributed by atoms with van der Waals surface area (Å²) in [7, 11) is -2.11. The zero-order valence-corrected chi connectivity index (χ0v) is 13.8. The van der Waals surface area contributed by atoms with Crippen molar-refractivity contribution in [1.82, 2.24) is 9.59 Å². The van der Waals surface area contributed by atoms with Gasteiger partial charge >= 0.3 is 0 Å². The Hall–Kier alpha value is -2.45. The standard InChI is InChI=1S/C15H13N3O3S2/c1-21-13-6-8-14(9-7-13)23(19,20)17-12-4-2-11(3-5-12)15-10-22-18-16-15/h2-10,17H,1H3. The average molecular weight is 347 g/mol. The summed E-state index contributed by atoms with van der Waals surface area (Å²) < 4.78 is 36.1. The van der Waals surface area contributed by atoms with Crippen molar-refractivity contribution in [3.63, 3.8) is 0 Å². The zero-order chi connectivity index (χ0) is 16.3. The molecule has 1 N–H and O–H groups in total. The van der Waals surface area contributed by atoms with Gasteiger partial charge < -0.3 is 4.74 Å². The number of sulfonamides is 1. The molecule has 0 spiro atoms. The number of anilines is 1. The predicted molar refractivity (Wildman–Crippen MR) is 89.1 cm³/mol. The summed E-state index contributed by atoms with van der Waals surface area (Å²) in [6.07, 6.45) is 0. The van der Waals surface area contributed by atoms with Gasteiger partial charge in [0.05, 0.1) is 12.0 Å². The van der Waals surface area contributed by atoms with Gasteiger partial charge in [0, 0.05) is 16.6 Å². The molecule has 0 amide bonds. The largest absolute Gasteiger partial charge is 0.497 e. The zero-order valence-electron chi connectivity index (χ0n) is 12.1. The fourth-order valence-corrected chi connectivity index (χ4v) is 3.49.